The maximum atomic E-state index is 12.5. The fraction of sp³-hybridized carbons (Fsp3) is 0.353. The van der Waals surface area contributed by atoms with Crippen molar-refractivity contribution in [3.05, 3.63) is 42.9 Å². The first kappa shape index (κ1) is 14.7. The molecule has 3 heterocycles. The van der Waals surface area contributed by atoms with Crippen LogP contribution in [0.3, 0.4) is 0 Å². The molecule has 3 aromatic rings. The van der Waals surface area contributed by atoms with Crippen LogP contribution < -0.4 is 4.90 Å². The number of carbonyl (C=O) groups is 1. The van der Waals surface area contributed by atoms with Crippen molar-refractivity contribution in [2.24, 2.45) is 7.05 Å². The first-order chi connectivity index (χ1) is 11.7. The van der Waals surface area contributed by atoms with E-state index >= 15 is 0 Å². The van der Waals surface area contributed by atoms with E-state index in [0.717, 1.165) is 42.8 Å². The molecule has 7 nitrogen and oxygen atoms in total. The second kappa shape index (κ2) is 5.99. The standard InChI is InChI=1S/C17H20N6O/c1-20-12-15(10-18-20)21-6-8-22(9-7-21)17(24)13-23-11-14-4-2-3-5-16(14)19-23/h2-5,10-12H,6-9,13H2,1H3. The highest BCUT2D eigenvalue weighted by Gasteiger charge is 2.22. The molecule has 24 heavy (non-hydrogen) atoms. The minimum absolute atomic E-state index is 0.119. The number of fused-ring (bicyclic) bond motifs is 1. The van der Waals surface area contributed by atoms with Gasteiger partial charge in [0.15, 0.2) is 0 Å². The Morgan fingerprint density at radius 2 is 1.92 bits per heavy atom. The largest absolute Gasteiger partial charge is 0.365 e. The van der Waals surface area contributed by atoms with Crippen molar-refractivity contribution in [1.29, 1.82) is 0 Å². The van der Waals surface area contributed by atoms with Crippen LogP contribution in [0.25, 0.3) is 10.9 Å². The number of aromatic nitrogens is 4. The molecule has 0 aliphatic carbocycles. The molecule has 124 valence electrons. The maximum Gasteiger partial charge on any atom is 0.244 e. The molecule has 7 heteroatoms. The molecule has 1 fully saturated rings. The summed E-state index contributed by atoms with van der Waals surface area (Å²) >= 11 is 0. The summed E-state index contributed by atoms with van der Waals surface area (Å²) in [5.41, 5.74) is 2.04. The van der Waals surface area contributed by atoms with Crippen LogP contribution in [0.1, 0.15) is 0 Å². The summed E-state index contributed by atoms with van der Waals surface area (Å²) in [7, 11) is 1.91. The molecule has 0 N–H and O–H groups in total. The normalized spacial score (nSPS) is 15.2. The lowest BCUT2D eigenvalue weighted by atomic mass is 10.3. The summed E-state index contributed by atoms with van der Waals surface area (Å²) in [6.45, 7) is 3.42. The summed E-state index contributed by atoms with van der Waals surface area (Å²) < 4.78 is 3.54. The number of amides is 1. The van der Waals surface area contributed by atoms with Crippen LogP contribution >= 0.6 is 0 Å². The Hall–Kier alpha value is -2.83. The average molecular weight is 324 g/mol. The van der Waals surface area contributed by atoms with Crippen LogP contribution in [0.4, 0.5) is 5.69 Å². The zero-order valence-corrected chi connectivity index (χ0v) is 13.7. The second-order valence-electron chi connectivity index (χ2n) is 6.13. The van der Waals surface area contributed by atoms with Crippen molar-refractivity contribution in [2.75, 3.05) is 31.1 Å². The molecule has 0 saturated carbocycles. The molecule has 1 aliphatic heterocycles. The van der Waals surface area contributed by atoms with Gasteiger partial charge in [-0.15, -0.1) is 0 Å². The monoisotopic (exact) mass is 324 g/mol. The molecule has 0 radical (unpaired) electrons. The van der Waals surface area contributed by atoms with Crippen LogP contribution in [0.5, 0.6) is 0 Å². The molecule has 4 rings (SSSR count). The van der Waals surface area contributed by atoms with Crippen LogP contribution in [0, 0.1) is 0 Å². The molecule has 1 aliphatic rings. The van der Waals surface area contributed by atoms with Crippen molar-refractivity contribution in [2.45, 2.75) is 6.54 Å². The van der Waals surface area contributed by atoms with Gasteiger partial charge in [-0.3, -0.25) is 14.2 Å². The number of hydrogen-bond donors (Lipinski definition) is 0. The van der Waals surface area contributed by atoms with Gasteiger partial charge in [0.2, 0.25) is 5.91 Å². The number of aryl methyl sites for hydroxylation is 1. The number of rotatable bonds is 3. The Bertz CT molecular complexity index is 826. The van der Waals surface area contributed by atoms with E-state index in [1.807, 2.05) is 54.8 Å². The SMILES string of the molecule is Cn1cc(N2CCN(C(=O)Cn3cc4ccccc4n3)CC2)cn1. The Labute approximate surface area is 140 Å². The van der Waals surface area contributed by atoms with E-state index in [9.17, 15) is 4.79 Å². The molecular weight excluding hydrogens is 304 g/mol. The molecule has 1 saturated heterocycles. The Morgan fingerprint density at radius 1 is 1.12 bits per heavy atom. The van der Waals surface area contributed by atoms with Crippen molar-refractivity contribution < 1.29 is 4.79 Å². The molecule has 0 unspecified atom stereocenters. The number of piperazine rings is 1. The Morgan fingerprint density at radius 3 is 2.62 bits per heavy atom. The van der Waals surface area contributed by atoms with E-state index in [1.165, 1.54) is 0 Å². The van der Waals surface area contributed by atoms with Gasteiger partial charge in [0, 0.05) is 51.0 Å². The molecule has 1 aromatic carbocycles. The van der Waals surface area contributed by atoms with E-state index in [2.05, 4.69) is 15.1 Å². The predicted octanol–water partition coefficient (Wildman–Crippen LogP) is 1.12. The van der Waals surface area contributed by atoms with E-state index in [1.54, 1.807) is 9.36 Å². The van der Waals surface area contributed by atoms with E-state index in [0.29, 0.717) is 6.54 Å². The topological polar surface area (TPSA) is 59.2 Å². The molecule has 1 amide bonds. The van der Waals surface area contributed by atoms with Crippen molar-refractivity contribution >= 4 is 22.5 Å². The van der Waals surface area contributed by atoms with Crippen LogP contribution in [-0.4, -0.2) is 56.5 Å². The third-order valence-electron chi connectivity index (χ3n) is 4.45. The lowest BCUT2D eigenvalue weighted by Gasteiger charge is -2.35. The summed E-state index contributed by atoms with van der Waals surface area (Å²) in [5, 5.41) is 9.73. The zero-order chi connectivity index (χ0) is 16.5. The number of benzene rings is 1. The third-order valence-corrected chi connectivity index (χ3v) is 4.45. The summed E-state index contributed by atoms with van der Waals surface area (Å²) in [5.74, 6) is 0.119. The first-order valence-corrected chi connectivity index (χ1v) is 8.12. The quantitative estimate of drug-likeness (QED) is 0.724. The minimum atomic E-state index is 0.119. The average Bonchev–Trinajstić information content (AvgIpc) is 3.20. The smallest absolute Gasteiger partial charge is 0.244 e. The predicted molar refractivity (Wildman–Crippen MR) is 91.7 cm³/mol. The summed E-state index contributed by atoms with van der Waals surface area (Å²) in [6, 6.07) is 7.91. The number of nitrogens with zero attached hydrogens (tertiary/aromatic N) is 6. The summed E-state index contributed by atoms with van der Waals surface area (Å²) in [4.78, 5) is 16.7. The molecule has 0 atom stereocenters. The molecular formula is C17H20N6O. The molecule has 2 aromatic heterocycles. The van der Waals surface area contributed by atoms with E-state index in [-0.39, 0.29) is 5.91 Å². The highest BCUT2D eigenvalue weighted by Crippen LogP contribution is 2.15. The van der Waals surface area contributed by atoms with Gasteiger partial charge in [0.05, 0.1) is 17.4 Å². The third kappa shape index (κ3) is 2.84. The number of carbonyl (C=O) groups excluding carboxylic acids is 1. The number of anilines is 1. The first-order valence-electron chi connectivity index (χ1n) is 8.12. The van der Waals surface area contributed by atoms with Crippen LogP contribution in [-0.2, 0) is 18.4 Å². The highest BCUT2D eigenvalue weighted by atomic mass is 16.2. The highest BCUT2D eigenvalue weighted by molar-refractivity contribution is 5.80. The van der Waals surface area contributed by atoms with Gasteiger partial charge < -0.3 is 9.80 Å². The molecule has 0 bridgehead atoms. The van der Waals surface area contributed by atoms with Gasteiger partial charge in [-0.2, -0.15) is 10.2 Å². The number of hydrogen-bond acceptors (Lipinski definition) is 4. The lowest BCUT2D eigenvalue weighted by molar-refractivity contribution is -0.132. The van der Waals surface area contributed by atoms with Crippen LogP contribution in [0.15, 0.2) is 42.9 Å². The van der Waals surface area contributed by atoms with Crippen molar-refractivity contribution in [3.8, 4) is 0 Å². The lowest BCUT2D eigenvalue weighted by Crippen LogP contribution is -2.49. The Balaban J connectivity index is 1.37. The zero-order valence-electron chi connectivity index (χ0n) is 13.7. The van der Waals surface area contributed by atoms with Crippen LogP contribution in [0.2, 0.25) is 0 Å². The minimum Gasteiger partial charge on any atom is -0.365 e. The van der Waals surface area contributed by atoms with Crippen molar-refractivity contribution in [3.63, 3.8) is 0 Å². The summed E-state index contributed by atoms with van der Waals surface area (Å²) in [6.07, 6.45) is 5.80. The van der Waals surface area contributed by atoms with Gasteiger partial charge in [-0.05, 0) is 6.07 Å². The fourth-order valence-corrected chi connectivity index (χ4v) is 3.12. The van der Waals surface area contributed by atoms with Gasteiger partial charge in [-0.25, -0.2) is 0 Å². The van der Waals surface area contributed by atoms with Gasteiger partial charge in [-0.1, -0.05) is 18.2 Å². The second-order valence-corrected chi connectivity index (χ2v) is 6.13. The Kier molecular flexibility index (Phi) is 3.68. The van der Waals surface area contributed by atoms with Gasteiger partial charge in [0.25, 0.3) is 0 Å². The maximum absolute atomic E-state index is 12.5. The van der Waals surface area contributed by atoms with Gasteiger partial charge >= 0.3 is 0 Å². The van der Waals surface area contributed by atoms with E-state index in [4.69, 9.17) is 0 Å². The van der Waals surface area contributed by atoms with Crippen molar-refractivity contribution in [1.82, 2.24) is 24.5 Å². The van der Waals surface area contributed by atoms with Gasteiger partial charge in [0.1, 0.15) is 6.54 Å². The van der Waals surface area contributed by atoms with E-state index < -0.39 is 0 Å². The molecule has 0 spiro atoms. The fourth-order valence-electron chi connectivity index (χ4n) is 3.12.